The van der Waals surface area contributed by atoms with Gasteiger partial charge in [-0.1, -0.05) is 39.3 Å². The van der Waals surface area contributed by atoms with E-state index in [0.717, 1.165) is 29.1 Å². The molecule has 0 aromatic carbocycles. The smallest absolute Gasteiger partial charge is 0.309 e. The zero-order valence-electron chi connectivity index (χ0n) is 22.1. The average molecular weight is 504 g/mol. The minimum Gasteiger partial charge on any atom is -0.457 e. The fourth-order valence-corrected chi connectivity index (χ4v) is 5.86. The Labute approximate surface area is 213 Å². The number of nitrogens with zero attached hydrogens (tertiary/aromatic N) is 1. The topological polar surface area (TPSA) is 96.7 Å². The van der Waals surface area contributed by atoms with E-state index < -0.39 is 35.6 Å². The van der Waals surface area contributed by atoms with Gasteiger partial charge < -0.3 is 14.9 Å². The summed E-state index contributed by atoms with van der Waals surface area (Å²) in [6, 6.07) is 0. The van der Waals surface area contributed by atoms with Crippen LogP contribution in [0, 0.1) is 36.0 Å². The fourth-order valence-electron chi connectivity index (χ4n) is 5.29. The van der Waals surface area contributed by atoms with Gasteiger partial charge in [0, 0.05) is 17.7 Å². The Hall–Kier alpha value is -1.83. The number of aromatic nitrogens is 1. The summed E-state index contributed by atoms with van der Waals surface area (Å²) < 4.78 is 5.84. The predicted molar refractivity (Wildman–Crippen MR) is 139 cm³/mol. The molecule has 2 aliphatic rings. The molecule has 6 nitrogen and oxygen atoms in total. The summed E-state index contributed by atoms with van der Waals surface area (Å²) in [6.07, 6.45) is 3.83. The lowest BCUT2D eigenvalue weighted by atomic mass is 9.72. The van der Waals surface area contributed by atoms with Crippen molar-refractivity contribution >= 4 is 29.2 Å². The number of hydrogen-bond acceptors (Lipinski definition) is 7. The molecule has 0 amide bonds. The molecule has 194 valence electrons. The van der Waals surface area contributed by atoms with Gasteiger partial charge in [0.1, 0.15) is 11.9 Å². The Morgan fingerprint density at radius 3 is 2.51 bits per heavy atom. The lowest BCUT2D eigenvalue weighted by Gasteiger charge is -2.34. The van der Waals surface area contributed by atoms with Crippen molar-refractivity contribution < 1.29 is 24.5 Å². The van der Waals surface area contributed by atoms with Crippen LogP contribution in [0.2, 0.25) is 0 Å². The molecule has 35 heavy (non-hydrogen) atoms. The van der Waals surface area contributed by atoms with Crippen LogP contribution in [0.25, 0.3) is 6.08 Å². The van der Waals surface area contributed by atoms with Crippen molar-refractivity contribution in [3.8, 4) is 0 Å². The highest BCUT2D eigenvalue weighted by atomic mass is 32.1. The molecule has 1 fully saturated rings. The molecule has 1 aromatic heterocycles. The minimum atomic E-state index is -1.21. The second-order valence-electron chi connectivity index (χ2n) is 11.3. The molecule has 0 bridgehead atoms. The molecule has 1 aliphatic carbocycles. The van der Waals surface area contributed by atoms with Crippen LogP contribution in [0.1, 0.15) is 77.9 Å². The first kappa shape index (κ1) is 27.8. The van der Waals surface area contributed by atoms with Crippen LogP contribution < -0.4 is 0 Å². The number of allylic oxidation sites excluding steroid dienone is 1. The maximum absolute atomic E-state index is 13.3. The molecular formula is C28H41NO5S. The Bertz CT molecular complexity index is 993. The van der Waals surface area contributed by atoms with Crippen LogP contribution in [0.15, 0.2) is 22.6 Å². The van der Waals surface area contributed by atoms with Gasteiger partial charge in [0.2, 0.25) is 0 Å². The van der Waals surface area contributed by atoms with Crippen LogP contribution in [0.4, 0.5) is 0 Å². The summed E-state index contributed by atoms with van der Waals surface area (Å²) in [7, 11) is 0. The second-order valence-corrected chi connectivity index (χ2v) is 12.3. The van der Waals surface area contributed by atoms with E-state index in [1.807, 2.05) is 32.2 Å². The van der Waals surface area contributed by atoms with Crippen molar-refractivity contribution in [1.82, 2.24) is 4.98 Å². The van der Waals surface area contributed by atoms with Crippen molar-refractivity contribution in [2.45, 2.75) is 92.5 Å². The van der Waals surface area contributed by atoms with E-state index in [1.54, 1.807) is 32.1 Å². The maximum atomic E-state index is 13.3. The normalized spacial score (nSPS) is 36.7. The first-order valence-electron chi connectivity index (χ1n) is 12.7. The maximum Gasteiger partial charge on any atom is 0.309 e. The monoisotopic (exact) mass is 503 g/mol. The molecule has 7 heteroatoms. The summed E-state index contributed by atoms with van der Waals surface area (Å²) in [5.41, 5.74) is 1.76. The van der Waals surface area contributed by atoms with Gasteiger partial charge in [0.05, 0.1) is 34.7 Å². The zero-order valence-corrected chi connectivity index (χ0v) is 22.9. The highest BCUT2D eigenvalue weighted by molar-refractivity contribution is 7.09. The standard InChI is InChI=1S/C28H41NO5S/c1-15-8-9-23(16(2)11-21-14-35-19(5)29-21)34-25(31)13-24(30)28(6,7)27(33)18(4)26(32)17(3)22-12-20(22)10-15/h8,11,14,17-18,20,22-24,26,30,32H,9-10,12-13H2,1-7H3/b15-8-,16-11+/t17-,18+,20+,22-,23-,24-,26-/m0/s1. The van der Waals surface area contributed by atoms with Gasteiger partial charge in [-0.05, 0) is 63.0 Å². The van der Waals surface area contributed by atoms with Crippen LogP contribution in [0.5, 0.6) is 0 Å². The highest BCUT2D eigenvalue weighted by Gasteiger charge is 2.47. The summed E-state index contributed by atoms with van der Waals surface area (Å²) in [5, 5.41) is 24.8. The number of aliphatic hydroxyl groups is 2. The lowest BCUT2D eigenvalue weighted by molar-refractivity contribution is -0.154. The molecule has 1 aliphatic heterocycles. The summed E-state index contributed by atoms with van der Waals surface area (Å²) in [4.78, 5) is 30.7. The Balaban J connectivity index is 1.89. The third-order valence-electron chi connectivity index (χ3n) is 8.00. The van der Waals surface area contributed by atoms with E-state index in [-0.39, 0.29) is 18.1 Å². The number of carbonyl (C=O) groups excluding carboxylic acids is 2. The number of esters is 1. The highest BCUT2D eigenvalue weighted by Crippen LogP contribution is 2.50. The van der Waals surface area contributed by atoms with Crippen molar-refractivity contribution in [2.24, 2.45) is 29.1 Å². The minimum absolute atomic E-state index is 0.00272. The summed E-state index contributed by atoms with van der Waals surface area (Å²) in [5.74, 6) is -0.544. The van der Waals surface area contributed by atoms with Crippen LogP contribution >= 0.6 is 11.3 Å². The van der Waals surface area contributed by atoms with Crippen molar-refractivity contribution in [3.05, 3.63) is 33.3 Å². The average Bonchev–Trinajstić information content (AvgIpc) is 3.43. The van der Waals surface area contributed by atoms with Crippen LogP contribution in [0.3, 0.4) is 0 Å². The summed E-state index contributed by atoms with van der Waals surface area (Å²) in [6.45, 7) is 13.0. The largest absolute Gasteiger partial charge is 0.457 e. The molecule has 1 saturated carbocycles. The number of aryl methyl sites for hydroxylation is 1. The third kappa shape index (κ3) is 6.69. The number of hydrogen-bond donors (Lipinski definition) is 2. The number of Topliss-reactive ketones (excluding diaryl/α,β-unsaturated/α-hetero) is 1. The van der Waals surface area contributed by atoms with Gasteiger partial charge in [-0.2, -0.15) is 0 Å². The van der Waals surface area contributed by atoms with Crippen molar-refractivity contribution in [1.29, 1.82) is 0 Å². The van der Waals surface area contributed by atoms with E-state index in [9.17, 15) is 19.8 Å². The molecule has 7 atom stereocenters. The van der Waals surface area contributed by atoms with Crippen LogP contribution in [-0.2, 0) is 14.3 Å². The molecule has 2 N–H and O–H groups in total. The number of carbonyl (C=O) groups is 2. The first-order chi connectivity index (χ1) is 16.3. The number of rotatable bonds is 2. The molecule has 3 rings (SSSR count). The van der Waals surface area contributed by atoms with Crippen LogP contribution in [-0.4, -0.2) is 45.3 Å². The number of ketones is 1. The van der Waals surface area contributed by atoms with E-state index in [1.165, 1.54) is 5.57 Å². The molecule has 0 radical (unpaired) electrons. The number of cyclic esters (lactones) is 1. The third-order valence-corrected chi connectivity index (χ3v) is 8.80. The van der Waals surface area contributed by atoms with Gasteiger partial charge in [0.15, 0.2) is 0 Å². The molecular weight excluding hydrogens is 462 g/mol. The van der Waals surface area contributed by atoms with Gasteiger partial charge in [-0.3, -0.25) is 9.59 Å². The van der Waals surface area contributed by atoms with E-state index in [2.05, 4.69) is 18.0 Å². The SMILES string of the molecule is C/C1=C/C[C@@H](/C(C)=C/c2csc(C)n2)OC(=O)C[C@H](O)C(C)(C)C(=O)[C@H](C)[C@@H](O)[C@@H](C)[C@@H]2C[C@H]2C1. The Morgan fingerprint density at radius 2 is 1.89 bits per heavy atom. The lowest BCUT2D eigenvalue weighted by Crippen LogP contribution is -2.46. The van der Waals surface area contributed by atoms with Gasteiger partial charge >= 0.3 is 5.97 Å². The van der Waals surface area contributed by atoms with Gasteiger partial charge in [0.25, 0.3) is 0 Å². The molecule has 0 saturated heterocycles. The Kier molecular flexibility index (Phi) is 8.77. The molecule has 0 unspecified atom stereocenters. The molecule has 2 heterocycles. The molecule has 1 aromatic rings. The van der Waals surface area contributed by atoms with E-state index >= 15 is 0 Å². The van der Waals surface area contributed by atoms with Crippen molar-refractivity contribution in [3.63, 3.8) is 0 Å². The van der Waals surface area contributed by atoms with Gasteiger partial charge in [-0.25, -0.2) is 4.98 Å². The number of thiazole rings is 1. The number of aliphatic hydroxyl groups excluding tert-OH is 2. The number of ether oxygens (including phenoxy) is 1. The summed E-state index contributed by atoms with van der Waals surface area (Å²) >= 11 is 1.57. The fraction of sp³-hybridized carbons (Fsp3) is 0.679. The van der Waals surface area contributed by atoms with Gasteiger partial charge in [-0.15, -0.1) is 11.3 Å². The second kappa shape index (κ2) is 11.1. The quantitative estimate of drug-likeness (QED) is 0.429. The zero-order chi connectivity index (χ0) is 26.1. The molecule has 0 spiro atoms. The predicted octanol–water partition coefficient (Wildman–Crippen LogP) is 5.12. The van der Waals surface area contributed by atoms with Crippen molar-refractivity contribution in [2.75, 3.05) is 0 Å². The number of fused-ring (bicyclic) bond motifs is 1. The Morgan fingerprint density at radius 1 is 1.20 bits per heavy atom. The van der Waals surface area contributed by atoms with E-state index in [4.69, 9.17) is 4.74 Å². The first-order valence-corrected chi connectivity index (χ1v) is 13.5. The van der Waals surface area contributed by atoms with E-state index in [0.29, 0.717) is 18.3 Å².